The second-order valence-electron chi connectivity index (χ2n) is 8.76. The molecule has 0 N–H and O–H groups in total. The number of benzene rings is 3. The summed E-state index contributed by atoms with van der Waals surface area (Å²) in [4.78, 5) is 53.7. The summed E-state index contributed by atoms with van der Waals surface area (Å²) >= 11 is 0. The molecule has 5 heteroatoms. The second kappa shape index (κ2) is 6.33. The molecule has 1 aliphatic heterocycles. The fourth-order valence-corrected chi connectivity index (χ4v) is 6.15. The zero-order valence-electron chi connectivity index (χ0n) is 17.3. The summed E-state index contributed by atoms with van der Waals surface area (Å²) < 4.78 is 0. The highest BCUT2D eigenvalue weighted by atomic mass is 16.2. The molecule has 7 rings (SSSR count). The summed E-state index contributed by atoms with van der Waals surface area (Å²) in [6.45, 7) is 1.45. The van der Waals surface area contributed by atoms with Crippen molar-refractivity contribution < 1.29 is 19.2 Å². The van der Waals surface area contributed by atoms with E-state index in [1.165, 1.54) is 11.8 Å². The number of hydrogen-bond donors (Lipinski definition) is 0. The van der Waals surface area contributed by atoms with Gasteiger partial charge in [0, 0.05) is 11.5 Å². The molecule has 2 amide bonds. The summed E-state index contributed by atoms with van der Waals surface area (Å²) in [5.74, 6) is -2.64. The van der Waals surface area contributed by atoms with Crippen molar-refractivity contribution in [3.63, 3.8) is 0 Å². The number of ketones is 1. The van der Waals surface area contributed by atoms with Crippen molar-refractivity contribution in [2.45, 2.75) is 18.3 Å². The third kappa shape index (κ3) is 2.08. The highest BCUT2D eigenvalue weighted by Gasteiger charge is 2.68. The van der Waals surface area contributed by atoms with E-state index in [1.54, 1.807) is 24.3 Å². The van der Waals surface area contributed by atoms with Crippen molar-refractivity contribution in [2.75, 3.05) is 4.90 Å². The van der Waals surface area contributed by atoms with Crippen LogP contribution in [0.4, 0.5) is 5.69 Å². The van der Waals surface area contributed by atoms with Gasteiger partial charge in [0.25, 0.3) is 0 Å². The van der Waals surface area contributed by atoms with Crippen LogP contribution in [0.2, 0.25) is 0 Å². The molecule has 4 aliphatic rings. The SMILES string of the molecule is CC(=O)c1cccc(N2C(=O)[C@@H]3C4c5ccccc5C(C=O)(c5ccccc54)[C@H]3C2=O)c1. The average Bonchev–Trinajstić information content (AvgIpc) is 3.10. The van der Waals surface area contributed by atoms with Crippen LogP contribution in [0.5, 0.6) is 0 Å². The second-order valence-corrected chi connectivity index (χ2v) is 8.76. The average molecular weight is 421 g/mol. The van der Waals surface area contributed by atoms with Crippen LogP contribution in [0.1, 0.15) is 45.5 Å². The molecule has 156 valence electrons. The van der Waals surface area contributed by atoms with Gasteiger partial charge in [0.1, 0.15) is 6.29 Å². The van der Waals surface area contributed by atoms with Gasteiger partial charge in [0.05, 0.1) is 22.9 Å². The van der Waals surface area contributed by atoms with Gasteiger partial charge >= 0.3 is 0 Å². The van der Waals surface area contributed by atoms with E-state index in [0.29, 0.717) is 11.3 Å². The minimum atomic E-state index is -1.22. The standard InChI is InChI=1S/C27H19NO4/c1-15(30)16-7-6-8-17(13-16)28-25(31)23-22-18-9-2-4-11-20(18)27(14-29,24(23)26(28)32)21-12-5-3-10-19(21)22/h2-14,22-24H,1H3/t22?,23-,24-,27?/m1/s1. The number of imide groups is 1. The molecule has 3 aromatic rings. The normalized spacial score (nSPS) is 27.0. The largest absolute Gasteiger partial charge is 0.302 e. The molecule has 3 aromatic carbocycles. The fraction of sp³-hybridized carbons (Fsp3) is 0.185. The van der Waals surface area contributed by atoms with E-state index < -0.39 is 17.3 Å². The van der Waals surface area contributed by atoms with E-state index >= 15 is 0 Å². The van der Waals surface area contributed by atoms with E-state index in [-0.39, 0.29) is 23.5 Å². The Labute approximate surface area is 184 Å². The van der Waals surface area contributed by atoms with Crippen LogP contribution >= 0.6 is 0 Å². The highest BCUT2D eigenvalue weighted by molar-refractivity contribution is 6.25. The summed E-state index contributed by atoms with van der Waals surface area (Å²) in [7, 11) is 0. The molecule has 1 saturated heterocycles. The van der Waals surface area contributed by atoms with E-state index in [0.717, 1.165) is 28.5 Å². The lowest BCUT2D eigenvalue weighted by Crippen LogP contribution is -2.54. The number of amides is 2. The van der Waals surface area contributed by atoms with Crippen molar-refractivity contribution in [3.05, 3.63) is 101 Å². The third-order valence-electron chi connectivity index (χ3n) is 7.38. The molecule has 2 atom stereocenters. The lowest BCUT2D eigenvalue weighted by Gasteiger charge is -2.51. The minimum absolute atomic E-state index is 0.146. The summed E-state index contributed by atoms with van der Waals surface area (Å²) in [6.07, 6.45) is 0.860. The Bertz CT molecular complexity index is 1310. The van der Waals surface area contributed by atoms with Crippen LogP contribution in [0, 0.1) is 11.8 Å². The Morgan fingerprint density at radius 2 is 1.50 bits per heavy atom. The van der Waals surface area contributed by atoms with E-state index in [4.69, 9.17) is 0 Å². The van der Waals surface area contributed by atoms with Gasteiger partial charge < -0.3 is 4.79 Å². The minimum Gasteiger partial charge on any atom is -0.302 e. The third-order valence-corrected chi connectivity index (χ3v) is 7.38. The molecule has 0 saturated carbocycles. The predicted octanol–water partition coefficient (Wildman–Crippen LogP) is 3.64. The number of nitrogens with zero attached hydrogens (tertiary/aromatic N) is 1. The van der Waals surface area contributed by atoms with Crippen LogP contribution in [0.25, 0.3) is 0 Å². The van der Waals surface area contributed by atoms with Gasteiger partial charge in [-0.3, -0.25) is 14.4 Å². The summed E-state index contributed by atoms with van der Waals surface area (Å²) in [5, 5.41) is 0. The topological polar surface area (TPSA) is 71.5 Å². The Balaban J connectivity index is 1.61. The fourth-order valence-electron chi connectivity index (χ4n) is 6.15. The molecular weight excluding hydrogens is 402 g/mol. The number of Topliss-reactive ketones (excluding diaryl/α,β-unsaturated/α-hetero) is 1. The van der Waals surface area contributed by atoms with Gasteiger partial charge in [-0.2, -0.15) is 0 Å². The first-order valence-electron chi connectivity index (χ1n) is 10.6. The number of anilines is 1. The molecular formula is C27H19NO4. The van der Waals surface area contributed by atoms with Crippen LogP contribution in [-0.4, -0.2) is 23.9 Å². The molecule has 0 radical (unpaired) electrons. The Morgan fingerprint density at radius 3 is 2.09 bits per heavy atom. The van der Waals surface area contributed by atoms with E-state index in [9.17, 15) is 19.2 Å². The Morgan fingerprint density at radius 1 is 0.875 bits per heavy atom. The van der Waals surface area contributed by atoms with Crippen LogP contribution in [0.15, 0.2) is 72.8 Å². The number of carbonyl (C=O) groups excluding carboxylic acids is 4. The lowest BCUT2D eigenvalue weighted by atomic mass is 9.48. The predicted molar refractivity (Wildman–Crippen MR) is 117 cm³/mol. The maximum absolute atomic E-state index is 13.9. The number of hydrogen-bond acceptors (Lipinski definition) is 4. The molecule has 0 spiro atoms. The van der Waals surface area contributed by atoms with Gasteiger partial charge in [-0.05, 0) is 41.3 Å². The molecule has 32 heavy (non-hydrogen) atoms. The molecule has 5 nitrogen and oxygen atoms in total. The molecule has 0 aromatic heterocycles. The number of carbonyl (C=O) groups is 4. The lowest BCUT2D eigenvalue weighted by molar-refractivity contribution is -0.128. The molecule has 2 bridgehead atoms. The molecule has 0 unspecified atom stereocenters. The Kier molecular flexibility index (Phi) is 3.73. The summed E-state index contributed by atoms with van der Waals surface area (Å²) in [5.41, 5.74) is 3.06. The quantitative estimate of drug-likeness (QED) is 0.368. The monoisotopic (exact) mass is 421 g/mol. The van der Waals surface area contributed by atoms with Crippen LogP contribution < -0.4 is 4.90 Å². The maximum Gasteiger partial charge on any atom is 0.239 e. The van der Waals surface area contributed by atoms with Crippen molar-refractivity contribution in [3.8, 4) is 0 Å². The summed E-state index contributed by atoms with van der Waals surface area (Å²) in [6, 6.07) is 21.8. The molecule has 3 aliphatic carbocycles. The first-order chi connectivity index (χ1) is 15.5. The molecule has 1 fully saturated rings. The smallest absolute Gasteiger partial charge is 0.239 e. The Hall–Kier alpha value is -3.86. The zero-order chi connectivity index (χ0) is 22.2. The van der Waals surface area contributed by atoms with Crippen molar-refractivity contribution >= 4 is 29.6 Å². The van der Waals surface area contributed by atoms with Gasteiger partial charge in [-0.15, -0.1) is 0 Å². The van der Waals surface area contributed by atoms with E-state index in [1.807, 2.05) is 48.5 Å². The van der Waals surface area contributed by atoms with Gasteiger partial charge in [-0.1, -0.05) is 60.7 Å². The highest BCUT2D eigenvalue weighted by Crippen LogP contribution is 2.63. The number of aldehydes is 1. The van der Waals surface area contributed by atoms with Gasteiger partial charge in [0.15, 0.2) is 5.78 Å². The maximum atomic E-state index is 13.9. The van der Waals surface area contributed by atoms with Crippen molar-refractivity contribution in [1.82, 2.24) is 0 Å². The number of rotatable bonds is 3. The van der Waals surface area contributed by atoms with Crippen LogP contribution in [-0.2, 0) is 19.8 Å². The zero-order valence-corrected chi connectivity index (χ0v) is 17.3. The van der Waals surface area contributed by atoms with Crippen molar-refractivity contribution in [2.24, 2.45) is 11.8 Å². The first-order valence-corrected chi connectivity index (χ1v) is 10.6. The van der Waals surface area contributed by atoms with Crippen LogP contribution in [0.3, 0.4) is 0 Å². The van der Waals surface area contributed by atoms with Gasteiger partial charge in [-0.25, -0.2) is 4.90 Å². The van der Waals surface area contributed by atoms with Crippen molar-refractivity contribution in [1.29, 1.82) is 0 Å². The first kappa shape index (κ1) is 18.9. The molecule has 1 heterocycles. The van der Waals surface area contributed by atoms with Gasteiger partial charge in [0.2, 0.25) is 11.8 Å². The van der Waals surface area contributed by atoms with E-state index in [2.05, 4.69) is 0 Å².